The average Bonchev–Trinajstić information content (AvgIpc) is 2.88. The van der Waals surface area contributed by atoms with Gasteiger partial charge in [0.05, 0.1) is 29.0 Å². The van der Waals surface area contributed by atoms with Crippen molar-refractivity contribution < 1.29 is 18.1 Å². The van der Waals surface area contributed by atoms with E-state index in [1.54, 1.807) is 4.90 Å². The van der Waals surface area contributed by atoms with Crippen molar-refractivity contribution in [3.05, 3.63) is 56.0 Å². The lowest BCUT2D eigenvalue weighted by atomic mass is 10.3. The van der Waals surface area contributed by atoms with Crippen molar-refractivity contribution in [3.63, 3.8) is 0 Å². The number of nitro benzene ring substituents is 1. The number of halogens is 4. The van der Waals surface area contributed by atoms with Gasteiger partial charge in [-0.3, -0.25) is 19.8 Å². The molecule has 12 heteroatoms. The second-order valence-electron chi connectivity index (χ2n) is 6.57. The quantitative estimate of drug-likeness (QED) is 0.546. The normalized spacial score (nSPS) is 15.9. The summed E-state index contributed by atoms with van der Waals surface area (Å²) in [5.41, 5.74) is -0.0862. The lowest BCUT2D eigenvalue weighted by Crippen LogP contribution is -2.37. The van der Waals surface area contributed by atoms with Gasteiger partial charge in [0.2, 0.25) is 0 Å². The molecular formula is C17H17ClF3N5O3. The summed E-state index contributed by atoms with van der Waals surface area (Å²) in [5.74, 6) is 0. The van der Waals surface area contributed by atoms with Crippen LogP contribution in [0.1, 0.15) is 6.42 Å². The SMILES string of the molecule is O=c1c(Cl)c(N2CCCN(CC(F)(F)F)CC2)cnn1-c1ccc([N+](=O)[O-])cc1. The van der Waals surface area contributed by atoms with Crippen LogP contribution in [0.25, 0.3) is 5.69 Å². The van der Waals surface area contributed by atoms with Gasteiger partial charge in [-0.15, -0.1) is 0 Å². The van der Waals surface area contributed by atoms with Crippen LogP contribution in [0.3, 0.4) is 0 Å². The van der Waals surface area contributed by atoms with Crippen LogP contribution in [0.15, 0.2) is 35.3 Å². The molecule has 0 bridgehead atoms. The largest absolute Gasteiger partial charge is 0.401 e. The maximum Gasteiger partial charge on any atom is 0.401 e. The lowest BCUT2D eigenvalue weighted by molar-refractivity contribution is -0.384. The van der Waals surface area contributed by atoms with Crippen molar-refractivity contribution in [2.45, 2.75) is 12.6 Å². The summed E-state index contributed by atoms with van der Waals surface area (Å²) in [6.07, 6.45) is -2.40. The Morgan fingerprint density at radius 3 is 2.45 bits per heavy atom. The summed E-state index contributed by atoms with van der Waals surface area (Å²) in [5, 5.41) is 14.7. The molecule has 0 radical (unpaired) electrons. The molecule has 0 amide bonds. The molecule has 0 unspecified atom stereocenters. The molecule has 1 fully saturated rings. The zero-order valence-corrected chi connectivity index (χ0v) is 15.9. The van der Waals surface area contributed by atoms with Gasteiger partial charge in [-0.25, -0.2) is 0 Å². The highest BCUT2D eigenvalue weighted by atomic mass is 35.5. The molecule has 3 rings (SSSR count). The number of anilines is 1. The molecule has 1 saturated heterocycles. The Morgan fingerprint density at radius 2 is 1.83 bits per heavy atom. The molecule has 1 aliphatic rings. The highest BCUT2D eigenvalue weighted by Crippen LogP contribution is 2.24. The molecule has 8 nitrogen and oxygen atoms in total. The van der Waals surface area contributed by atoms with Gasteiger partial charge in [0.25, 0.3) is 11.2 Å². The van der Waals surface area contributed by atoms with E-state index in [4.69, 9.17) is 11.6 Å². The van der Waals surface area contributed by atoms with E-state index < -0.39 is 23.2 Å². The molecule has 29 heavy (non-hydrogen) atoms. The summed E-state index contributed by atoms with van der Waals surface area (Å²) < 4.78 is 38.9. The van der Waals surface area contributed by atoms with Gasteiger partial charge in [-0.05, 0) is 18.6 Å². The topological polar surface area (TPSA) is 84.5 Å². The number of non-ortho nitro benzene ring substituents is 1. The first-order valence-electron chi connectivity index (χ1n) is 8.72. The smallest absolute Gasteiger partial charge is 0.368 e. The monoisotopic (exact) mass is 431 g/mol. The van der Waals surface area contributed by atoms with Crippen molar-refractivity contribution in [2.75, 3.05) is 37.6 Å². The molecule has 0 aliphatic carbocycles. The van der Waals surface area contributed by atoms with E-state index >= 15 is 0 Å². The average molecular weight is 432 g/mol. The van der Waals surface area contributed by atoms with E-state index in [2.05, 4.69) is 5.10 Å². The predicted octanol–water partition coefficient (Wildman–Crippen LogP) is 2.87. The van der Waals surface area contributed by atoms with E-state index in [-0.39, 0.29) is 23.8 Å². The van der Waals surface area contributed by atoms with Gasteiger partial charge in [-0.2, -0.15) is 23.0 Å². The standard InChI is InChI=1S/C17H17ClF3N5O3/c18-15-14(24-7-1-6-23(8-9-24)11-17(19,20)21)10-22-25(16(15)27)12-2-4-13(5-3-12)26(28)29/h2-5,10H,1,6-9,11H2. The van der Waals surface area contributed by atoms with Crippen LogP contribution in [0, 0.1) is 10.1 Å². The summed E-state index contributed by atoms with van der Waals surface area (Å²) in [4.78, 5) is 25.9. The van der Waals surface area contributed by atoms with Gasteiger partial charge in [0.15, 0.2) is 0 Å². The maximum absolute atomic E-state index is 12.6. The highest BCUT2D eigenvalue weighted by molar-refractivity contribution is 6.33. The minimum absolute atomic E-state index is 0.109. The Hall–Kier alpha value is -2.66. The molecule has 0 saturated carbocycles. The Kier molecular flexibility index (Phi) is 6.08. The van der Waals surface area contributed by atoms with Crippen molar-refractivity contribution in [1.29, 1.82) is 0 Å². The molecule has 2 aromatic rings. The van der Waals surface area contributed by atoms with Crippen LogP contribution in [-0.4, -0.2) is 58.5 Å². The number of nitrogens with zero attached hydrogens (tertiary/aromatic N) is 5. The maximum atomic E-state index is 12.6. The Morgan fingerprint density at radius 1 is 1.14 bits per heavy atom. The highest BCUT2D eigenvalue weighted by Gasteiger charge is 2.31. The summed E-state index contributed by atoms with van der Waals surface area (Å²) in [6.45, 7) is 0.214. The molecule has 1 aromatic heterocycles. The van der Waals surface area contributed by atoms with Gasteiger partial charge in [-0.1, -0.05) is 11.6 Å². The van der Waals surface area contributed by atoms with Crippen molar-refractivity contribution in [2.24, 2.45) is 0 Å². The summed E-state index contributed by atoms with van der Waals surface area (Å²) in [6, 6.07) is 5.25. The number of nitro groups is 1. The van der Waals surface area contributed by atoms with E-state index in [0.29, 0.717) is 30.9 Å². The van der Waals surface area contributed by atoms with E-state index in [9.17, 15) is 28.1 Å². The fourth-order valence-electron chi connectivity index (χ4n) is 3.17. The van der Waals surface area contributed by atoms with Crippen LogP contribution >= 0.6 is 11.6 Å². The van der Waals surface area contributed by atoms with Crippen molar-refractivity contribution in [3.8, 4) is 5.69 Å². The predicted molar refractivity (Wildman–Crippen MR) is 101 cm³/mol. The molecule has 156 valence electrons. The van der Waals surface area contributed by atoms with Crippen LogP contribution in [0.2, 0.25) is 5.02 Å². The molecule has 0 atom stereocenters. The second kappa shape index (κ2) is 8.37. The number of benzene rings is 1. The molecule has 1 aliphatic heterocycles. The first-order valence-corrected chi connectivity index (χ1v) is 9.10. The first-order chi connectivity index (χ1) is 13.7. The first kappa shape index (κ1) is 21.1. The fraction of sp³-hybridized carbons (Fsp3) is 0.412. The van der Waals surface area contributed by atoms with Crippen molar-refractivity contribution >= 4 is 23.0 Å². The molecule has 0 N–H and O–H groups in total. The van der Waals surface area contributed by atoms with Crippen molar-refractivity contribution in [1.82, 2.24) is 14.7 Å². The molecule has 0 spiro atoms. The number of rotatable bonds is 4. The van der Waals surface area contributed by atoms with E-state index in [1.807, 2.05) is 0 Å². The van der Waals surface area contributed by atoms with Gasteiger partial charge in [0, 0.05) is 38.3 Å². The molecular weight excluding hydrogens is 415 g/mol. The Balaban J connectivity index is 1.81. The lowest BCUT2D eigenvalue weighted by Gasteiger charge is -2.24. The third-order valence-electron chi connectivity index (χ3n) is 4.54. The van der Waals surface area contributed by atoms with E-state index in [0.717, 1.165) is 4.68 Å². The Bertz CT molecular complexity index is 949. The molecule has 1 aromatic carbocycles. The van der Waals surface area contributed by atoms with Crippen LogP contribution in [0.4, 0.5) is 24.5 Å². The van der Waals surface area contributed by atoms with Crippen LogP contribution in [0.5, 0.6) is 0 Å². The second-order valence-corrected chi connectivity index (χ2v) is 6.94. The fourth-order valence-corrected chi connectivity index (χ4v) is 3.42. The number of alkyl halides is 3. The van der Waals surface area contributed by atoms with Gasteiger partial charge >= 0.3 is 6.18 Å². The van der Waals surface area contributed by atoms with Crippen LogP contribution < -0.4 is 10.5 Å². The van der Waals surface area contributed by atoms with E-state index in [1.165, 1.54) is 35.4 Å². The Labute approximate surface area is 168 Å². The number of hydrogen-bond acceptors (Lipinski definition) is 6. The minimum atomic E-state index is -4.26. The third-order valence-corrected chi connectivity index (χ3v) is 4.89. The zero-order valence-electron chi connectivity index (χ0n) is 15.1. The van der Waals surface area contributed by atoms with Gasteiger partial charge < -0.3 is 4.90 Å². The number of hydrogen-bond donors (Lipinski definition) is 0. The summed E-state index contributed by atoms with van der Waals surface area (Å²) in [7, 11) is 0. The van der Waals surface area contributed by atoms with Gasteiger partial charge in [0.1, 0.15) is 5.02 Å². The number of aromatic nitrogens is 2. The third kappa shape index (κ3) is 5.04. The molecule has 2 heterocycles. The summed E-state index contributed by atoms with van der Waals surface area (Å²) >= 11 is 6.24. The van der Waals surface area contributed by atoms with Crippen LogP contribution in [-0.2, 0) is 0 Å². The minimum Gasteiger partial charge on any atom is -0.368 e. The zero-order chi connectivity index (χ0) is 21.2.